The summed E-state index contributed by atoms with van der Waals surface area (Å²) in [6, 6.07) is 0.744. The molecule has 0 aliphatic carbocycles. The van der Waals surface area contributed by atoms with Crippen molar-refractivity contribution in [3.05, 3.63) is 0 Å². The molecule has 0 bridgehead atoms. The van der Waals surface area contributed by atoms with Gasteiger partial charge in [0.1, 0.15) is 0 Å². The first-order valence-corrected chi connectivity index (χ1v) is 12.3. The summed E-state index contributed by atoms with van der Waals surface area (Å²) in [6.45, 7) is 23.7. The van der Waals surface area contributed by atoms with Gasteiger partial charge in [-0.05, 0) is 42.4 Å². The molecule has 4 aliphatic rings. The van der Waals surface area contributed by atoms with Crippen molar-refractivity contribution in [3.8, 4) is 0 Å². The van der Waals surface area contributed by atoms with E-state index in [4.69, 9.17) is 0 Å². The third-order valence-corrected chi connectivity index (χ3v) is 8.70. The van der Waals surface area contributed by atoms with Crippen molar-refractivity contribution in [2.75, 3.05) is 45.8 Å². The molecule has 0 aromatic carbocycles. The van der Waals surface area contributed by atoms with E-state index in [2.05, 4.69) is 61.1 Å². The standard InChI is InChI=1S/C24H46N4/c1-7-9-23(6,17-20(3)16-22(4,5)8-2)18-21-19-27-13-12-25-10-11-26-14-15-28(21)24(25,26)27/h20-21H,7-19H2,1-6H3/t20?,21?,23?,24-/m1/s1. The molecule has 0 saturated carbocycles. The Morgan fingerprint density at radius 2 is 1.50 bits per heavy atom. The minimum Gasteiger partial charge on any atom is -0.257 e. The first-order valence-electron chi connectivity index (χ1n) is 12.3. The van der Waals surface area contributed by atoms with Gasteiger partial charge in [-0.15, -0.1) is 0 Å². The number of hydrogen-bond donors (Lipinski definition) is 0. The van der Waals surface area contributed by atoms with E-state index in [-0.39, 0.29) is 5.91 Å². The Morgan fingerprint density at radius 1 is 0.893 bits per heavy atom. The van der Waals surface area contributed by atoms with Crippen molar-refractivity contribution in [1.29, 1.82) is 0 Å². The van der Waals surface area contributed by atoms with Gasteiger partial charge in [0.15, 0.2) is 5.91 Å². The van der Waals surface area contributed by atoms with Gasteiger partial charge in [0.05, 0.1) is 0 Å². The lowest BCUT2D eigenvalue weighted by molar-refractivity contribution is -0.103. The fourth-order valence-corrected chi connectivity index (χ4v) is 7.61. The highest BCUT2D eigenvalue weighted by Gasteiger charge is 2.67. The predicted octanol–water partition coefficient (Wildman–Crippen LogP) is 4.28. The molecule has 0 aromatic rings. The van der Waals surface area contributed by atoms with Crippen LogP contribution in [0.3, 0.4) is 0 Å². The second kappa shape index (κ2) is 7.51. The fourth-order valence-electron chi connectivity index (χ4n) is 7.61. The third-order valence-electron chi connectivity index (χ3n) is 8.70. The van der Waals surface area contributed by atoms with E-state index in [0.717, 1.165) is 12.0 Å². The average molecular weight is 391 g/mol. The lowest BCUT2D eigenvalue weighted by Crippen LogP contribution is -2.60. The molecule has 4 atom stereocenters. The highest BCUT2D eigenvalue weighted by Crippen LogP contribution is 2.50. The quantitative estimate of drug-likeness (QED) is 0.582. The summed E-state index contributed by atoms with van der Waals surface area (Å²) in [5.41, 5.74) is 0.970. The SMILES string of the molecule is CCCC(C)(CC(C)CC(C)(C)CC)CC1CN2CCN3CCN4CCN1[C@]342. The Balaban J connectivity index is 1.47. The molecule has 0 amide bonds. The van der Waals surface area contributed by atoms with Gasteiger partial charge in [0.2, 0.25) is 0 Å². The largest absolute Gasteiger partial charge is 0.257 e. The van der Waals surface area contributed by atoms with Gasteiger partial charge in [0, 0.05) is 51.9 Å². The average Bonchev–Trinajstić information content (AvgIpc) is 3.28. The summed E-state index contributed by atoms with van der Waals surface area (Å²) in [5, 5.41) is 0. The summed E-state index contributed by atoms with van der Waals surface area (Å²) >= 11 is 0. The van der Waals surface area contributed by atoms with E-state index in [9.17, 15) is 0 Å². The van der Waals surface area contributed by atoms with Crippen molar-refractivity contribution in [1.82, 2.24) is 19.6 Å². The Bertz CT molecular complexity index is 552. The molecular formula is C24H46N4. The van der Waals surface area contributed by atoms with E-state index in [1.807, 2.05) is 0 Å². The minimum atomic E-state index is 0.188. The second-order valence-electron chi connectivity index (χ2n) is 11.7. The molecule has 4 heteroatoms. The molecule has 4 nitrogen and oxygen atoms in total. The Kier molecular flexibility index (Phi) is 5.66. The summed E-state index contributed by atoms with van der Waals surface area (Å²) in [6.07, 6.45) is 8.15. The van der Waals surface area contributed by atoms with Gasteiger partial charge in [-0.1, -0.05) is 54.4 Å². The topological polar surface area (TPSA) is 13.0 Å². The van der Waals surface area contributed by atoms with Crippen LogP contribution in [-0.2, 0) is 0 Å². The molecular weight excluding hydrogens is 344 g/mol. The maximum atomic E-state index is 2.92. The van der Waals surface area contributed by atoms with Crippen LogP contribution in [0, 0.1) is 16.7 Å². The lowest BCUT2D eigenvalue weighted by atomic mass is 9.70. The summed E-state index contributed by atoms with van der Waals surface area (Å²) in [7, 11) is 0. The number of rotatable bonds is 9. The number of hydrogen-bond acceptors (Lipinski definition) is 4. The Morgan fingerprint density at radius 3 is 2.11 bits per heavy atom. The maximum absolute atomic E-state index is 2.92. The molecule has 4 fully saturated rings. The first-order chi connectivity index (χ1) is 13.2. The smallest absolute Gasteiger partial charge is 0.192 e. The van der Waals surface area contributed by atoms with Gasteiger partial charge in [0.25, 0.3) is 0 Å². The van der Waals surface area contributed by atoms with Crippen LogP contribution in [0.1, 0.15) is 80.1 Å². The maximum Gasteiger partial charge on any atom is 0.192 e. The zero-order valence-corrected chi connectivity index (χ0v) is 19.6. The van der Waals surface area contributed by atoms with E-state index in [0.29, 0.717) is 10.8 Å². The number of nitrogens with zero attached hydrogens (tertiary/aromatic N) is 4. The molecule has 4 aliphatic heterocycles. The van der Waals surface area contributed by atoms with Crippen LogP contribution in [0.5, 0.6) is 0 Å². The summed E-state index contributed by atoms with van der Waals surface area (Å²) < 4.78 is 0. The molecule has 4 rings (SSSR count). The zero-order chi connectivity index (χ0) is 20.2. The Hall–Kier alpha value is -0.160. The highest BCUT2D eigenvalue weighted by atomic mass is 15.8. The van der Waals surface area contributed by atoms with Crippen LogP contribution >= 0.6 is 0 Å². The fraction of sp³-hybridized carbons (Fsp3) is 1.00. The molecule has 4 heterocycles. The van der Waals surface area contributed by atoms with Gasteiger partial charge >= 0.3 is 0 Å². The molecule has 162 valence electrons. The van der Waals surface area contributed by atoms with E-state index in [1.54, 1.807) is 0 Å². The third kappa shape index (κ3) is 3.36. The normalized spacial score (nSPS) is 34.7. The Labute approximate surface area is 174 Å². The van der Waals surface area contributed by atoms with Crippen molar-refractivity contribution in [2.45, 2.75) is 92.0 Å². The molecule has 3 unspecified atom stereocenters. The summed E-state index contributed by atoms with van der Waals surface area (Å²) in [5.74, 6) is 1.01. The van der Waals surface area contributed by atoms with E-state index >= 15 is 0 Å². The molecule has 0 N–H and O–H groups in total. The molecule has 1 spiro atoms. The van der Waals surface area contributed by atoms with Crippen LogP contribution in [-0.4, -0.2) is 77.4 Å². The van der Waals surface area contributed by atoms with Crippen LogP contribution in [0.4, 0.5) is 0 Å². The van der Waals surface area contributed by atoms with Crippen LogP contribution in [0.2, 0.25) is 0 Å². The van der Waals surface area contributed by atoms with Gasteiger partial charge in [-0.3, -0.25) is 19.6 Å². The van der Waals surface area contributed by atoms with Crippen LogP contribution < -0.4 is 0 Å². The monoisotopic (exact) mass is 390 g/mol. The second-order valence-corrected chi connectivity index (χ2v) is 11.7. The first kappa shape index (κ1) is 21.1. The van der Waals surface area contributed by atoms with Crippen molar-refractivity contribution in [2.24, 2.45) is 16.7 Å². The van der Waals surface area contributed by atoms with Crippen molar-refractivity contribution < 1.29 is 0 Å². The highest BCUT2D eigenvalue weighted by molar-refractivity contribution is 5.12. The predicted molar refractivity (Wildman–Crippen MR) is 118 cm³/mol. The van der Waals surface area contributed by atoms with Gasteiger partial charge in [-0.2, -0.15) is 0 Å². The van der Waals surface area contributed by atoms with E-state index in [1.165, 1.54) is 84.3 Å². The van der Waals surface area contributed by atoms with Gasteiger partial charge < -0.3 is 0 Å². The van der Waals surface area contributed by atoms with Crippen molar-refractivity contribution >= 4 is 0 Å². The minimum absolute atomic E-state index is 0.188. The van der Waals surface area contributed by atoms with Crippen molar-refractivity contribution in [3.63, 3.8) is 0 Å². The molecule has 0 radical (unpaired) electrons. The van der Waals surface area contributed by atoms with Gasteiger partial charge in [-0.25, -0.2) is 0 Å². The molecule has 0 aromatic heterocycles. The lowest BCUT2D eigenvalue weighted by Gasteiger charge is -2.42. The zero-order valence-electron chi connectivity index (χ0n) is 19.6. The summed E-state index contributed by atoms with van der Waals surface area (Å²) in [4.78, 5) is 11.3. The molecule has 4 saturated heterocycles. The van der Waals surface area contributed by atoms with Crippen LogP contribution in [0.25, 0.3) is 0 Å². The molecule has 28 heavy (non-hydrogen) atoms. The van der Waals surface area contributed by atoms with E-state index < -0.39 is 0 Å². The van der Waals surface area contributed by atoms with Crippen LogP contribution in [0.15, 0.2) is 0 Å².